The zero-order valence-electron chi connectivity index (χ0n) is 11.1. The molecule has 0 saturated carbocycles. The van der Waals surface area contributed by atoms with E-state index in [1.807, 2.05) is 44.2 Å². The first-order valence-corrected chi connectivity index (χ1v) is 6.25. The third kappa shape index (κ3) is 3.37. The summed E-state index contributed by atoms with van der Waals surface area (Å²) in [5, 5.41) is 2.90. The van der Waals surface area contributed by atoms with Crippen LogP contribution in [0.15, 0.2) is 40.8 Å². The molecule has 0 saturated heterocycles. The van der Waals surface area contributed by atoms with Gasteiger partial charge in [-0.2, -0.15) is 0 Å². The van der Waals surface area contributed by atoms with Crippen LogP contribution in [0.5, 0.6) is 0 Å². The average molecular weight is 258 g/mol. The Kier molecular flexibility index (Phi) is 3.90. The highest BCUT2D eigenvalue weighted by atomic mass is 16.3. The molecule has 0 aliphatic rings. The third-order valence-corrected chi connectivity index (χ3v) is 2.97. The fraction of sp³-hybridized carbons (Fsp3) is 0.267. The Hall–Kier alpha value is -2.23. The number of anilines is 1. The first-order valence-electron chi connectivity index (χ1n) is 6.25. The molecule has 0 aliphatic heterocycles. The lowest BCUT2D eigenvalue weighted by molar-refractivity contribution is -0.121. The minimum atomic E-state index is -0.147. The first-order chi connectivity index (χ1) is 9.06. The van der Waals surface area contributed by atoms with E-state index >= 15 is 0 Å². The molecule has 0 aliphatic carbocycles. The van der Waals surface area contributed by atoms with Crippen molar-refractivity contribution in [2.45, 2.75) is 26.3 Å². The summed E-state index contributed by atoms with van der Waals surface area (Å²) in [7, 11) is 0. The average Bonchev–Trinajstić information content (AvgIpc) is 2.79. The Morgan fingerprint density at radius 1 is 1.32 bits per heavy atom. The van der Waals surface area contributed by atoms with E-state index in [1.165, 1.54) is 0 Å². The maximum absolute atomic E-state index is 11.9. The fourth-order valence-corrected chi connectivity index (χ4v) is 1.92. The second-order valence-corrected chi connectivity index (χ2v) is 4.61. The molecule has 4 nitrogen and oxygen atoms in total. The number of carbonyl (C=O) groups is 1. The van der Waals surface area contributed by atoms with Gasteiger partial charge < -0.3 is 15.5 Å². The van der Waals surface area contributed by atoms with E-state index in [0.29, 0.717) is 5.69 Å². The number of rotatable bonds is 4. The molecule has 0 fully saturated rings. The van der Waals surface area contributed by atoms with Crippen molar-refractivity contribution in [3.63, 3.8) is 0 Å². The van der Waals surface area contributed by atoms with Crippen molar-refractivity contribution in [1.82, 2.24) is 5.32 Å². The van der Waals surface area contributed by atoms with Crippen molar-refractivity contribution in [3.8, 4) is 0 Å². The number of furan rings is 1. The molecule has 19 heavy (non-hydrogen) atoms. The van der Waals surface area contributed by atoms with Crippen LogP contribution < -0.4 is 11.1 Å². The minimum absolute atomic E-state index is 0.0700. The lowest BCUT2D eigenvalue weighted by atomic mass is 10.1. The van der Waals surface area contributed by atoms with Crippen LogP contribution in [0.4, 0.5) is 5.69 Å². The van der Waals surface area contributed by atoms with Crippen molar-refractivity contribution in [1.29, 1.82) is 0 Å². The number of hydrogen-bond acceptors (Lipinski definition) is 3. The summed E-state index contributed by atoms with van der Waals surface area (Å²) < 4.78 is 5.48. The van der Waals surface area contributed by atoms with Gasteiger partial charge in [0.05, 0.1) is 12.5 Å². The van der Waals surface area contributed by atoms with Crippen LogP contribution in [0, 0.1) is 6.92 Å². The monoisotopic (exact) mass is 258 g/mol. The van der Waals surface area contributed by atoms with Gasteiger partial charge in [-0.3, -0.25) is 4.79 Å². The molecule has 1 unspecified atom stereocenters. The molecule has 3 N–H and O–H groups in total. The van der Waals surface area contributed by atoms with Crippen LogP contribution in [0.2, 0.25) is 0 Å². The molecule has 100 valence electrons. The smallest absolute Gasteiger partial charge is 0.225 e. The molecule has 0 radical (unpaired) electrons. The largest absolute Gasteiger partial charge is 0.464 e. The summed E-state index contributed by atoms with van der Waals surface area (Å²) in [4.78, 5) is 11.9. The highest BCUT2D eigenvalue weighted by Gasteiger charge is 2.13. The molecule has 1 atom stereocenters. The zero-order valence-corrected chi connectivity index (χ0v) is 11.1. The van der Waals surface area contributed by atoms with Gasteiger partial charge in [-0.15, -0.1) is 0 Å². The van der Waals surface area contributed by atoms with Crippen LogP contribution in [0.25, 0.3) is 0 Å². The summed E-state index contributed by atoms with van der Waals surface area (Å²) in [5.41, 5.74) is 7.29. The Morgan fingerprint density at radius 3 is 2.68 bits per heavy atom. The Labute approximate surface area is 112 Å². The summed E-state index contributed by atoms with van der Waals surface area (Å²) in [6.07, 6.45) is 0.275. The molecule has 4 heteroatoms. The standard InChI is InChI=1S/C15H18N2O2/c1-10-7-8-14(19-10)11(2)17-15(18)9-12-5-3-4-6-13(12)16/h3-8,11H,9,16H2,1-2H3,(H,17,18). The van der Waals surface area contributed by atoms with Crippen molar-refractivity contribution < 1.29 is 9.21 Å². The van der Waals surface area contributed by atoms with Crippen LogP contribution in [0.1, 0.15) is 30.0 Å². The number of hydrogen-bond donors (Lipinski definition) is 2. The topological polar surface area (TPSA) is 68.3 Å². The van der Waals surface area contributed by atoms with Gasteiger partial charge in [-0.1, -0.05) is 18.2 Å². The molecular weight excluding hydrogens is 240 g/mol. The molecule has 1 aromatic carbocycles. The van der Waals surface area contributed by atoms with E-state index in [4.69, 9.17) is 10.2 Å². The molecule has 0 bridgehead atoms. The number of carbonyl (C=O) groups excluding carboxylic acids is 1. The molecule has 2 rings (SSSR count). The van der Waals surface area contributed by atoms with Crippen molar-refractivity contribution in [3.05, 3.63) is 53.5 Å². The van der Waals surface area contributed by atoms with E-state index in [1.54, 1.807) is 6.07 Å². The third-order valence-electron chi connectivity index (χ3n) is 2.97. The normalized spacial score (nSPS) is 12.1. The number of amides is 1. The van der Waals surface area contributed by atoms with Gasteiger partial charge in [-0.05, 0) is 37.6 Å². The lowest BCUT2D eigenvalue weighted by Crippen LogP contribution is -2.28. The minimum Gasteiger partial charge on any atom is -0.464 e. The predicted molar refractivity (Wildman–Crippen MR) is 74.6 cm³/mol. The van der Waals surface area contributed by atoms with Gasteiger partial charge in [0.15, 0.2) is 0 Å². The van der Waals surface area contributed by atoms with E-state index in [-0.39, 0.29) is 18.4 Å². The van der Waals surface area contributed by atoms with Crippen molar-refractivity contribution >= 4 is 11.6 Å². The maximum Gasteiger partial charge on any atom is 0.225 e. The quantitative estimate of drug-likeness (QED) is 0.828. The fourth-order valence-electron chi connectivity index (χ4n) is 1.92. The maximum atomic E-state index is 11.9. The lowest BCUT2D eigenvalue weighted by Gasteiger charge is -2.12. The number of nitrogen functional groups attached to an aromatic ring is 1. The summed E-state index contributed by atoms with van der Waals surface area (Å²) >= 11 is 0. The molecular formula is C15H18N2O2. The van der Waals surface area contributed by atoms with Crippen LogP contribution >= 0.6 is 0 Å². The number of para-hydroxylation sites is 1. The Bertz CT molecular complexity index is 575. The van der Waals surface area contributed by atoms with Gasteiger partial charge >= 0.3 is 0 Å². The summed E-state index contributed by atoms with van der Waals surface area (Å²) in [6, 6.07) is 11.0. The van der Waals surface area contributed by atoms with Crippen LogP contribution in [-0.2, 0) is 11.2 Å². The van der Waals surface area contributed by atoms with Crippen molar-refractivity contribution in [2.75, 3.05) is 5.73 Å². The van der Waals surface area contributed by atoms with Gasteiger partial charge in [-0.25, -0.2) is 0 Å². The molecule has 1 amide bonds. The summed E-state index contributed by atoms with van der Waals surface area (Å²) in [5.74, 6) is 1.52. The summed E-state index contributed by atoms with van der Waals surface area (Å²) in [6.45, 7) is 3.77. The Balaban J connectivity index is 1.96. The van der Waals surface area contributed by atoms with Gasteiger partial charge in [0.1, 0.15) is 11.5 Å². The van der Waals surface area contributed by atoms with Crippen LogP contribution in [-0.4, -0.2) is 5.91 Å². The predicted octanol–water partition coefficient (Wildman–Crippen LogP) is 2.59. The van der Waals surface area contributed by atoms with Crippen LogP contribution in [0.3, 0.4) is 0 Å². The van der Waals surface area contributed by atoms with Gasteiger partial charge in [0.25, 0.3) is 0 Å². The first kappa shape index (κ1) is 13.2. The van der Waals surface area contributed by atoms with E-state index in [2.05, 4.69) is 5.32 Å². The Morgan fingerprint density at radius 2 is 2.05 bits per heavy atom. The number of aryl methyl sites for hydroxylation is 1. The SMILES string of the molecule is Cc1ccc(C(C)NC(=O)Cc2ccccc2N)o1. The van der Waals surface area contributed by atoms with E-state index in [9.17, 15) is 4.79 Å². The molecule has 1 aromatic heterocycles. The second kappa shape index (κ2) is 5.61. The van der Waals surface area contributed by atoms with Gasteiger partial charge in [0, 0.05) is 5.69 Å². The highest BCUT2D eigenvalue weighted by molar-refractivity contribution is 5.80. The number of benzene rings is 1. The second-order valence-electron chi connectivity index (χ2n) is 4.61. The molecule has 2 aromatic rings. The van der Waals surface area contributed by atoms with E-state index < -0.39 is 0 Å². The molecule has 0 spiro atoms. The number of nitrogens with two attached hydrogens (primary N) is 1. The number of nitrogens with one attached hydrogen (secondary N) is 1. The van der Waals surface area contributed by atoms with Gasteiger partial charge in [0.2, 0.25) is 5.91 Å². The highest BCUT2D eigenvalue weighted by Crippen LogP contribution is 2.16. The van der Waals surface area contributed by atoms with Crippen molar-refractivity contribution in [2.24, 2.45) is 0 Å². The zero-order chi connectivity index (χ0) is 13.8. The molecule has 1 heterocycles. The van der Waals surface area contributed by atoms with E-state index in [0.717, 1.165) is 17.1 Å².